The number of carbonyl (C=O) groups excluding carboxylic acids is 1. The number of nitriles is 1. The topological polar surface area (TPSA) is 167 Å². The number of benzene rings is 1. The first-order valence-corrected chi connectivity index (χ1v) is 10.3. The van der Waals surface area contributed by atoms with Gasteiger partial charge < -0.3 is 26.3 Å². The maximum atomic E-state index is 13.0. The van der Waals surface area contributed by atoms with Crippen LogP contribution in [0.5, 0.6) is 0 Å². The van der Waals surface area contributed by atoms with Crippen molar-refractivity contribution >= 4 is 39.2 Å². The van der Waals surface area contributed by atoms with Crippen LogP contribution in [0.2, 0.25) is 0 Å². The number of rotatable bonds is 5. The van der Waals surface area contributed by atoms with Gasteiger partial charge in [0.05, 0.1) is 27.7 Å². The third-order valence-electron chi connectivity index (χ3n) is 4.88. The first-order chi connectivity index (χ1) is 15.3. The Morgan fingerprint density at radius 1 is 1.38 bits per heavy atom. The summed E-state index contributed by atoms with van der Waals surface area (Å²) in [6.07, 6.45) is 2.12. The highest BCUT2D eigenvalue weighted by Gasteiger charge is 2.36. The molecule has 1 aliphatic heterocycles. The number of non-ortho nitro benzene ring substituents is 1. The smallest absolute Gasteiger partial charge is 0.269 e. The molecule has 162 valence electrons. The number of carbonyl (C=O) groups is 1. The summed E-state index contributed by atoms with van der Waals surface area (Å²) in [5.74, 6) is 0.238. The second-order valence-electron chi connectivity index (χ2n) is 6.77. The first kappa shape index (κ1) is 21.0. The number of thiophene rings is 1. The lowest BCUT2D eigenvalue weighted by Gasteiger charge is -2.26. The molecule has 0 radical (unpaired) electrons. The number of hydrogen-bond acceptors (Lipinski definition) is 9. The van der Waals surface area contributed by atoms with Crippen molar-refractivity contribution in [2.75, 3.05) is 17.7 Å². The van der Waals surface area contributed by atoms with E-state index in [2.05, 4.69) is 5.32 Å². The lowest BCUT2D eigenvalue weighted by Crippen LogP contribution is -2.20. The van der Waals surface area contributed by atoms with Crippen molar-refractivity contribution in [2.24, 2.45) is 5.73 Å². The summed E-state index contributed by atoms with van der Waals surface area (Å²) >= 11 is 1.19. The molecule has 0 saturated heterocycles. The Bertz CT molecular complexity index is 1280. The molecular weight excluding hydrogens is 434 g/mol. The predicted molar refractivity (Wildman–Crippen MR) is 118 cm³/mol. The van der Waals surface area contributed by atoms with Crippen molar-refractivity contribution in [2.45, 2.75) is 13.3 Å². The Kier molecular flexibility index (Phi) is 5.29. The van der Waals surface area contributed by atoms with E-state index in [0.717, 1.165) is 0 Å². The van der Waals surface area contributed by atoms with E-state index in [0.29, 0.717) is 46.1 Å². The standard InChI is InChI=1S/C21H17N5O5S/c1-2-30-17-13(9-22)19(23)31-14-8-7-12-15(20(24)32-18(12)16(14)17)21(27)25-10-3-5-11(6-4-10)26(28)29/h3-6,8H,2,7,23-24H2,1H3,(H,25,27). The fraction of sp³-hybridized carbons (Fsp3) is 0.143. The van der Waals surface area contributed by atoms with Crippen LogP contribution in [-0.4, -0.2) is 17.4 Å². The predicted octanol–water partition coefficient (Wildman–Crippen LogP) is 3.40. The van der Waals surface area contributed by atoms with Crippen molar-refractivity contribution in [3.63, 3.8) is 0 Å². The van der Waals surface area contributed by atoms with E-state index in [9.17, 15) is 20.2 Å². The number of amides is 1. The van der Waals surface area contributed by atoms with Gasteiger partial charge in [-0.25, -0.2) is 0 Å². The highest BCUT2D eigenvalue weighted by molar-refractivity contribution is 7.17. The zero-order valence-corrected chi connectivity index (χ0v) is 17.6. The number of nitrogens with zero attached hydrogens (tertiary/aromatic N) is 2. The van der Waals surface area contributed by atoms with Crippen LogP contribution in [0.25, 0.3) is 5.57 Å². The largest absolute Gasteiger partial charge is 0.491 e. The molecule has 0 bridgehead atoms. The quantitative estimate of drug-likeness (QED) is 0.459. The molecule has 0 unspecified atom stereocenters. The number of nitro groups is 1. The monoisotopic (exact) mass is 451 g/mol. The van der Waals surface area contributed by atoms with Crippen molar-refractivity contribution in [3.05, 3.63) is 79.4 Å². The third-order valence-corrected chi connectivity index (χ3v) is 5.96. The second kappa shape index (κ2) is 8.09. The van der Waals surface area contributed by atoms with E-state index in [1.807, 2.05) is 6.07 Å². The molecule has 32 heavy (non-hydrogen) atoms. The van der Waals surface area contributed by atoms with Gasteiger partial charge >= 0.3 is 0 Å². The molecular formula is C21H17N5O5S. The van der Waals surface area contributed by atoms with E-state index in [4.69, 9.17) is 20.9 Å². The van der Waals surface area contributed by atoms with Crippen LogP contribution in [0.4, 0.5) is 16.4 Å². The number of nitrogens with two attached hydrogens (primary N) is 2. The average molecular weight is 451 g/mol. The number of anilines is 2. The molecule has 0 spiro atoms. The zero-order chi connectivity index (χ0) is 23.0. The summed E-state index contributed by atoms with van der Waals surface area (Å²) in [4.78, 5) is 24.0. The van der Waals surface area contributed by atoms with E-state index < -0.39 is 10.8 Å². The number of nitro benzene ring substituents is 1. The molecule has 4 rings (SSSR count). The number of ether oxygens (including phenoxy) is 2. The molecule has 1 aromatic heterocycles. The van der Waals surface area contributed by atoms with Crippen molar-refractivity contribution in [1.82, 2.24) is 0 Å². The van der Waals surface area contributed by atoms with Gasteiger partial charge in [0, 0.05) is 22.7 Å². The number of hydrogen-bond donors (Lipinski definition) is 3. The molecule has 10 nitrogen and oxygen atoms in total. The molecule has 2 aliphatic rings. The van der Waals surface area contributed by atoms with Crippen molar-refractivity contribution in [3.8, 4) is 6.07 Å². The van der Waals surface area contributed by atoms with Gasteiger partial charge in [-0.2, -0.15) is 5.26 Å². The molecule has 0 saturated carbocycles. The molecule has 1 amide bonds. The van der Waals surface area contributed by atoms with Crippen molar-refractivity contribution < 1.29 is 19.2 Å². The van der Waals surface area contributed by atoms with Gasteiger partial charge in [-0.05, 0) is 37.1 Å². The van der Waals surface area contributed by atoms with Gasteiger partial charge in [0.15, 0.2) is 11.3 Å². The summed E-state index contributed by atoms with van der Waals surface area (Å²) in [6, 6.07) is 7.50. The normalized spacial score (nSPS) is 14.6. The van der Waals surface area contributed by atoms with E-state index in [1.54, 1.807) is 13.0 Å². The number of nitrogen functional groups attached to an aromatic ring is 1. The molecule has 2 heterocycles. The molecule has 1 aromatic carbocycles. The van der Waals surface area contributed by atoms with Gasteiger partial charge in [-0.3, -0.25) is 14.9 Å². The SMILES string of the molecule is CCOC1=C2C(=CCc3c2sc(N)c3C(=O)Nc2ccc([N+](=O)[O-])cc2)OC(N)=C1C#N. The number of nitrogens with one attached hydrogen (secondary N) is 1. The minimum absolute atomic E-state index is 0.0462. The Morgan fingerprint density at radius 2 is 2.09 bits per heavy atom. The van der Waals surface area contributed by atoms with Gasteiger partial charge in [0.1, 0.15) is 11.8 Å². The fourth-order valence-corrected chi connectivity index (χ4v) is 4.65. The maximum Gasteiger partial charge on any atom is 0.269 e. The minimum atomic E-state index is -0.518. The minimum Gasteiger partial charge on any atom is -0.491 e. The Balaban J connectivity index is 1.75. The Morgan fingerprint density at radius 3 is 2.72 bits per heavy atom. The van der Waals surface area contributed by atoms with Crippen LogP contribution >= 0.6 is 11.3 Å². The van der Waals surface area contributed by atoms with E-state index in [-0.39, 0.29) is 27.9 Å². The second-order valence-corrected chi connectivity index (χ2v) is 7.82. The molecule has 0 atom stereocenters. The molecule has 5 N–H and O–H groups in total. The Labute approximate surface area is 186 Å². The van der Waals surface area contributed by atoms with Crippen molar-refractivity contribution in [1.29, 1.82) is 5.26 Å². The fourth-order valence-electron chi connectivity index (χ4n) is 3.51. The van der Waals surface area contributed by atoms with Gasteiger partial charge in [-0.1, -0.05) is 0 Å². The maximum absolute atomic E-state index is 13.0. The Hall–Kier alpha value is -4.30. The van der Waals surface area contributed by atoms with Gasteiger partial charge in [0.25, 0.3) is 11.6 Å². The highest BCUT2D eigenvalue weighted by atomic mass is 32.1. The molecule has 11 heteroatoms. The molecule has 2 aromatic rings. The lowest BCUT2D eigenvalue weighted by molar-refractivity contribution is -0.384. The van der Waals surface area contributed by atoms with E-state index in [1.165, 1.54) is 35.6 Å². The number of allylic oxidation sites excluding steroid dienone is 3. The molecule has 0 fully saturated rings. The van der Waals surface area contributed by atoms with Crippen LogP contribution in [0.15, 0.2) is 53.3 Å². The van der Waals surface area contributed by atoms with Crippen LogP contribution < -0.4 is 16.8 Å². The third kappa shape index (κ3) is 3.42. The summed E-state index contributed by atoms with van der Waals surface area (Å²) in [5, 5.41) is 23.4. The van der Waals surface area contributed by atoms with Gasteiger partial charge in [0.2, 0.25) is 5.88 Å². The summed E-state index contributed by atoms with van der Waals surface area (Å²) < 4.78 is 11.4. The van der Waals surface area contributed by atoms with Crippen LogP contribution in [0, 0.1) is 21.4 Å². The van der Waals surface area contributed by atoms with Crippen LogP contribution in [0.1, 0.15) is 27.7 Å². The summed E-state index contributed by atoms with van der Waals surface area (Å²) in [5.41, 5.74) is 14.0. The zero-order valence-electron chi connectivity index (χ0n) is 16.8. The summed E-state index contributed by atoms with van der Waals surface area (Å²) in [6.45, 7) is 2.08. The van der Waals surface area contributed by atoms with Gasteiger partial charge in [-0.15, -0.1) is 11.3 Å². The van der Waals surface area contributed by atoms with E-state index >= 15 is 0 Å². The lowest BCUT2D eigenvalue weighted by atomic mass is 9.92. The summed E-state index contributed by atoms with van der Waals surface area (Å²) in [7, 11) is 0. The average Bonchev–Trinajstić information content (AvgIpc) is 3.10. The molecule has 1 aliphatic carbocycles. The van der Waals surface area contributed by atoms with Crippen LogP contribution in [-0.2, 0) is 15.9 Å². The van der Waals surface area contributed by atoms with Crippen LogP contribution in [0.3, 0.4) is 0 Å². The number of fused-ring (bicyclic) bond motifs is 3. The highest BCUT2D eigenvalue weighted by Crippen LogP contribution is 2.47. The first-order valence-electron chi connectivity index (χ1n) is 9.48.